The van der Waals surface area contributed by atoms with E-state index in [1.54, 1.807) is 43.3 Å². The summed E-state index contributed by atoms with van der Waals surface area (Å²) in [5.41, 5.74) is 1.57. The van der Waals surface area contributed by atoms with Gasteiger partial charge in [0.1, 0.15) is 11.5 Å². The summed E-state index contributed by atoms with van der Waals surface area (Å²) >= 11 is 0. The first-order valence-electron chi connectivity index (χ1n) is 10.4. The van der Waals surface area contributed by atoms with Crippen molar-refractivity contribution >= 4 is 26.7 Å². The van der Waals surface area contributed by atoms with E-state index in [1.165, 1.54) is 24.4 Å². The summed E-state index contributed by atoms with van der Waals surface area (Å²) in [5, 5.41) is 9.54. The molecule has 0 fully saturated rings. The minimum atomic E-state index is -3.99. The van der Waals surface area contributed by atoms with Gasteiger partial charge in [-0.15, -0.1) is 0 Å². The maximum Gasteiger partial charge on any atom is 0.268 e. The second-order valence-electron chi connectivity index (χ2n) is 7.52. The van der Waals surface area contributed by atoms with Crippen LogP contribution in [0.15, 0.2) is 78.3 Å². The highest BCUT2D eigenvalue weighted by molar-refractivity contribution is 7.90. The third-order valence-electron chi connectivity index (χ3n) is 5.22. The highest BCUT2D eigenvalue weighted by Crippen LogP contribution is 2.40. The largest absolute Gasteiger partial charge is 0.494 e. The topological polar surface area (TPSA) is 81.3 Å². The fourth-order valence-corrected chi connectivity index (χ4v) is 4.95. The van der Waals surface area contributed by atoms with Gasteiger partial charge < -0.3 is 9.47 Å². The molecule has 0 spiro atoms. The predicted octanol–water partition coefficient (Wildman–Crippen LogP) is 6.00. The van der Waals surface area contributed by atoms with Crippen molar-refractivity contribution in [2.75, 3.05) is 6.61 Å². The number of hydrogen-bond donors (Lipinski definition) is 0. The summed E-state index contributed by atoms with van der Waals surface area (Å²) in [6.45, 7) is 7.78. The third kappa shape index (κ3) is 4.14. The number of rotatable bonds is 7. The maximum absolute atomic E-state index is 15.5. The maximum atomic E-state index is 15.5. The van der Waals surface area contributed by atoms with E-state index in [1.807, 2.05) is 13.0 Å². The monoisotopic (exact) mass is 476 g/mol. The zero-order valence-corrected chi connectivity index (χ0v) is 19.4. The van der Waals surface area contributed by atoms with Crippen molar-refractivity contribution in [3.8, 4) is 17.6 Å². The molecular formula is C26H21FN2O4S. The molecule has 0 unspecified atom stereocenters. The van der Waals surface area contributed by atoms with Crippen LogP contribution in [-0.4, -0.2) is 19.0 Å². The van der Waals surface area contributed by atoms with E-state index in [-0.39, 0.29) is 39.8 Å². The van der Waals surface area contributed by atoms with Gasteiger partial charge in [-0.25, -0.2) is 16.8 Å². The van der Waals surface area contributed by atoms with Gasteiger partial charge in [-0.3, -0.25) is 0 Å². The van der Waals surface area contributed by atoms with Gasteiger partial charge in [0.15, 0.2) is 11.6 Å². The molecule has 8 heteroatoms. The molecule has 0 bridgehead atoms. The average Bonchev–Trinajstić information content (AvgIpc) is 3.24. The van der Waals surface area contributed by atoms with Crippen LogP contribution in [0.25, 0.3) is 16.7 Å². The molecule has 34 heavy (non-hydrogen) atoms. The molecule has 0 aliphatic rings. The molecule has 0 aliphatic carbocycles. The summed E-state index contributed by atoms with van der Waals surface area (Å²) in [5.74, 6) is -0.602. The van der Waals surface area contributed by atoms with Crippen LogP contribution in [0.5, 0.6) is 11.5 Å². The van der Waals surface area contributed by atoms with Gasteiger partial charge >= 0.3 is 0 Å². The smallest absolute Gasteiger partial charge is 0.268 e. The number of ether oxygens (including phenoxy) is 2. The highest BCUT2D eigenvalue weighted by atomic mass is 32.2. The molecular weight excluding hydrogens is 455 g/mol. The molecule has 6 nitrogen and oxygen atoms in total. The van der Waals surface area contributed by atoms with Crippen molar-refractivity contribution in [1.82, 2.24) is 3.97 Å². The molecule has 0 radical (unpaired) electrons. The number of halogens is 1. The van der Waals surface area contributed by atoms with E-state index in [9.17, 15) is 8.42 Å². The van der Waals surface area contributed by atoms with E-state index in [0.29, 0.717) is 10.9 Å². The molecule has 1 aromatic heterocycles. The van der Waals surface area contributed by atoms with Crippen molar-refractivity contribution in [3.05, 3.63) is 95.9 Å². The van der Waals surface area contributed by atoms with Gasteiger partial charge in [0.05, 0.1) is 34.2 Å². The van der Waals surface area contributed by atoms with Crippen molar-refractivity contribution in [1.29, 1.82) is 5.26 Å². The fraction of sp³-hybridized carbons (Fsp3) is 0.115. The van der Waals surface area contributed by atoms with E-state index >= 15 is 4.39 Å². The predicted molar refractivity (Wildman–Crippen MR) is 128 cm³/mol. The van der Waals surface area contributed by atoms with Crippen LogP contribution in [0.1, 0.15) is 23.6 Å². The average molecular weight is 477 g/mol. The minimum Gasteiger partial charge on any atom is -0.494 e. The molecule has 0 aliphatic heterocycles. The van der Waals surface area contributed by atoms with Gasteiger partial charge in [-0.2, -0.15) is 5.26 Å². The van der Waals surface area contributed by atoms with Gasteiger partial charge in [0.25, 0.3) is 10.0 Å². The first-order valence-corrected chi connectivity index (χ1v) is 11.9. The van der Waals surface area contributed by atoms with Crippen molar-refractivity contribution < 1.29 is 22.3 Å². The van der Waals surface area contributed by atoms with Crippen molar-refractivity contribution in [2.45, 2.75) is 18.7 Å². The van der Waals surface area contributed by atoms with Crippen LogP contribution in [0, 0.1) is 24.1 Å². The molecule has 0 saturated carbocycles. The molecule has 1 heterocycles. The summed E-state index contributed by atoms with van der Waals surface area (Å²) in [6.07, 6.45) is 1.36. The number of aromatic nitrogens is 1. The van der Waals surface area contributed by atoms with E-state index < -0.39 is 15.8 Å². The number of hydrogen-bond acceptors (Lipinski definition) is 5. The number of fused-ring (bicyclic) bond motifs is 1. The Bertz CT molecular complexity index is 1550. The van der Waals surface area contributed by atoms with Gasteiger partial charge in [-0.1, -0.05) is 30.3 Å². The van der Waals surface area contributed by atoms with Crippen LogP contribution in [0.2, 0.25) is 0 Å². The lowest BCUT2D eigenvalue weighted by Crippen LogP contribution is -2.12. The quantitative estimate of drug-likeness (QED) is 0.306. The standard InChI is InChI=1S/C26H21FN2O4S/c1-4-32-18(3)25-22-12-13-29(34(30,31)21-10-8-17(2)9-11-21)24(22)15-23(27)26(25)33-20-7-5-6-19(14-20)16-28/h5-15H,3-4H2,1-2H3. The van der Waals surface area contributed by atoms with Crippen LogP contribution in [0.4, 0.5) is 4.39 Å². The summed E-state index contributed by atoms with van der Waals surface area (Å²) in [7, 11) is -3.99. The Morgan fingerprint density at radius 3 is 2.56 bits per heavy atom. The lowest BCUT2D eigenvalue weighted by atomic mass is 10.1. The molecule has 0 N–H and O–H groups in total. The molecule has 0 saturated heterocycles. The number of nitrogens with zero attached hydrogens (tertiary/aromatic N) is 2. The van der Waals surface area contributed by atoms with Crippen LogP contribution >= 0.6 is 0 Å². The van der Waals surface area contributed by atoms with Crippen molar-refractivity contribution in [2.24, 2.45) is 0 Å². The molecule has 0 atom stereocenters. The Morgan fingerprint density at radius 2 is 1.88 bits per heavy atom. The van der Waals surface area contributed by atoms with Gasteiger partial charge in [0, 0.05) is 17.6 Å². The lowest BCUT2D eigenvalue weighted by molar-refractivity contribution is 0.297. The minimum absolute atomic E-state index is 0.0786. The van der Waals surface area contributed by atoms with Crippen molar-refractivity contribution in [3.63, 3.8) is 0 Å². The molecule has 172 valence electrons. The zero-order chi connectivity index (χ0) is 24.5. The lowest BCUT2D eigenvalue weighted by Gasteiger charge is -2.16. The second kappa shape index (κ2) is 9.04. The second-order valence-corrected chi connectivity index (χ2v) is 9.34. The Labute approximate surface area is 197 Å². The number of nitriles is 1. The van der Waals surface area contributed by atoms with E-state index in [0.717, 1.165) is 15.6 Å². The van der Waals surface area contributed by atoms with E-state index in [4.69, 9.17) is 14.7 Å². The molecule has 0 amide bonds. The molecule has 3 aromatic carbocycles. The fourth-order valence-electron chi connectivity index (χ4n) is 3.61. The Hall–Kier alpha value is -4.09. The normalized spacial score (nSPS) is 11.2. The summed E-state index contributed by atoms with van der Waals surface area (Å²) < 4.78 is 54.5. The van der Waals surface area contributed by atoms with Crippen LogP contribution < -0.4 is 4.74 Å². The Kier molecular flexibility index (Phi) is 6.14. The summed E-state index contributed by atoms with van der Waals surface area (Å²) in [6, 6.07) is 17.4. The summed E-state index contributed by atoms with van der Waals surface area (Å²) in [4.78, 5) is 0.0786. The van der Waals surface area contributed by atoms with Gasteiger partial charge in [-0.05, 0) is 50.2 Å². The zero-order valence-electron chi connectivity index (χ0n) is 18.6. The van der Waals surface area contributed by atoms with E-state index in [2.05, 4.69) is 6.58 Å². The Balaban J connectivity index is 1.92. The first-order chi connectivity index (χ1) is 16.3. The first kappa shape index (κ1) is 23.1. The van der Waals surface area contributed by atoms with Gasteiger partial charge in [0.2, 0.25) is 0 Å². The third-order valence-corrected chi connectivity index (χ3v) is 6.93. The molecule has 4 aromatic rings. The van der Waals surface area contributed by atoms with Crippen LogP contribution in [-0.2, 0) is 14.8 Å². The Morgan fingerprint density at radius 1 is 1.15 bits per heavy atom. The number of benzene rings is 3. The number of aryl methyl sites for hydroxylation is 1. The highest BCUT2D eigenvalue weighted by Gasteiger charge is 2.25. The van der Waals surface area contributed by atoms with Crippen LogP contribution in [0.3, 0.4) is 0 Å². The SMILES string of the molecule is C=C(OCC)c1c(Oc2cccc(C#N)c2)c(F)cc2c1ccn2S(=O)(=O)c1ccc(C)cc1. The molecule has 4 rings (SSSR count).